The number of nitrogens with two attached hydrogens (primary N) is 1. The summed E-state index contributed by atoms with van der Waals surface area (Å²) < 4.78 is 0. The fraction of sp³-hybridized carbons (Fsp3) is 0.250. The van der Waals surface area contributed by atoms with Crippen LogP contribution in [0.2, 0.25) is 5.02 Å². The number of hydrogen-bond donors (Lipinski definition) is 2. The molecule has 0 aliphatic rings. The molecular weight excluding hydrogens is 258 g/mol. The fourth-order valence-corrected chi connectivity index (χ4v) is 2.38. The first-order chi connectivity index (χ1) is 9.11. The zero-order valence-corrected chi connectivity index (χ0v) is 11.6. The molecule has 2 aromatic carbocycles. The highest BCUT2D eigenvalue weighted by Crippen LogP contribution is 2.31. The molecule has 3 heteroatoms. The molecule has 2 nitrogen and oxygen atoms in total. The molecule has 0 aromatic heterocycles. The van der Waals surface area contributed by atoms with Crippen LogP contribution in [0.15, 0.2) is 48.5 Å². The van der Waals surface area contributed by atoms with Crippen molar-refractivity contribution in [2.24, 2.45) is 5.73 Å². The Balaban J connectivity index is 2.28. The van der Waals surface area contributed by atoms with Gasteiger partial charge in [0, 0.05) is 17.5 Å². The average Bonchev–Trinajstić information content (AvgIpc) is 2.40. The summed E-state index contributed by atoms with van der Waals surface area (Å²) in [6.45, 7) is 2.39. The van der Waals surface area contributed by atoms with Gasteiger partial charge in [0.2, 0.25) is 0 Å². The monoisotopic (exact) mass is 275 g/mol. The fourth-order valence-electron chi connectivity index (χ4n) is 2.18. The lowest BCUT2D eigenvalue weighted by Gasteiger charge is -2.22. The van der Waals surface area contributed by atoms with Gasteiger partial charge >= 0.3 is 0 Å². The molecule has 2 atom stereocenters. The van der Waals surface area contributed by atoms with Gasteiger partial charge < -0.3 is 10.8 Å². The lowest BCUT2D eigenvalue weighted by Crippen LogP contribution is -2.20. The summed E-state index contributed by atoms with van der Waals surface area (Å²) in [5.41, 5.74) is 8.83. The number of aryl methyl sites for hydroxylation is 1. The molecule has 100 valence electrons. The van der Waals surface area contributed by atoms with Crippen molar-refractivity contribution >= 4 is 11.6 Å². The second kappa shape index (κ2) is 6.20. The first-order valence-electron chi connectivity index (χ1n) is 6.32. The van der Waals surface area contributed by atoms with E-state index in [-0.39, 0.29) is 5.92 Å². The highest BCUT2D eigenvalue weighted by molar-refractivity contribution is 6.30. The van der Waals surface area contributed by atoms with Crippen LogP contribution < -0.4 is 5.73 Å². The Morgan fingerprint density at radius 1 is 1.11 bits per heavy atom. The van der Waals surface area contributed by atoms with E-state index in [1.54, 1.807) is 0 Å². The number of hydrogen-bond acceptors (Lipinski definition) is 2. The number of rotatable bonds is 4. The topological polar surface area (TPSA) is 46.2 Å². The highest BCUT2D eigenvalue weighted by Gasteiger charge is 2.21. The number of aliphatic hydroxyl groups excluding tert-OH is 1. The minimum atomic E-state index is -0.621. The van der Waals surface area contributed by atoms with E-state index in [9.17, 15) is 5.11 Å². The summed E-state index contributed by atoms with van der Waals surface area (Å²) in [5, 5.41) is 11.2. The van der Waals surface area contributed by atoms with Crippen LogP contribution in [-0.2, 0) is 0 Å². The van der Waals surface area contributed by atoms with Crippen LogP contribution in [0.3, 0.4) is 0 Å². The van der Waals surface area contributed by atoms with E-state index in [2.05, 4.69) is 0 Å². The minimum absolute atomic E-state index is 0.151. The Morgan fingerprint density at radius 3 is 2.37 bits per heavy atom. The summed E-state index contributed by atoms with van der Waals surface area (Å²) in [5.74, 6) is -0.151. The molecule has 2 rings (SSSR count). The van der Waals surface area contributed by atoms with Gasteiger partial charge in [-0.25, -0.2) is 0 Å². The Labute approximate surface area is 118 Å². The maximum atomic E-state index is 10.5. The third-order valence-electron chi connectivity index (χ3n) is 3.33. The van der Waals surface area contributed by atoms with E-state index in [4.69, 9.17) is 17.3 Å². The van der Waals surface area contributed by atoms with E-state index in [1.807, 2.05) is 55.5 Å². The van der Waals surface area contributed by atoms with Crippen molar-refractivity contribution in [1.82, 2.24) is 0 Å². The smallest absolute Gasteiger partial charge is 0.0870 e. The van der Waals surface area contributed by atoms with E-state index < -0.39 is 6.10 Å². The molecule has 19 heavy (non-hydrogen) atoms. The van der Waals surface area contributed by atoms with Gasteiger partial charge in [-0.15, -0.1) is 0 Å². The molecule has 0 aliphatic heterocycles. The Kier molecular flexibility index (Phi) is 4.59. The third-order valence-corrected chi connectivity index (χ3v) is 3.57. The predicted molar refractivity (Wildman–Crippen MR) is 79.4 cm³/mol. The van der Waals surface area contributed by atoms with Crippen molar-refractivity contribution < 1.29 is 5.11 Å². The van der Waals surface area contributed by atoms with Crippen molar-refractivity contribution in [3.63, 3.8) is 0 Å². The van der Waals surface area contributed by atoms with Gasteiger partial charge in [-0.2, -0.15) is 0 Å². The van der Waals surface area contributed by atoms with Crippen LogP contribution >= 0.6 is 11.6 Å². The van der Waals surface area contributed by atoms with Gasteiger partial charge in [0.05, 0.1) is 6.10 Å². The Hall–Kier alpha value is -1.35. The Bertz CT molecular complexity index is 539. The summed E-state index contributed by atoms with van der Waals surface area (Å²) in [4.78, 5) is 0. The predicted octanol–water partition coefficient (Wildman–Crippen LogP) is 3.42. The summed E-state index contributed by atoms with van der Waals surface area (Å²) >= 11 is 5.99. The number of aliphatic hydroxyl groups is 1. The second-order valence-electron chi connectivity index (χ2n) is 4.75. The molecule has 0 bridgehead atoms. The molecule has 0 saturated heterocycles. The zero-order valence-electron chi connectivity index (χ0n) is 10.9. The molecule has 0 saturated carbocycles. The Morgan fingerprint density at radius 2 is 1.79 bits per heavy atom. The molecule has 0 heterocycles. The maximum absolute atomic E-state index is 10.5. The molecule has 0 spiro atoms. The van der Waals surface area contributed by atoms with E-state index in [0.29, 0.717) is 11.6 Å². The second-order valence-corrected chi connectivity index (χ2v) is 5.19. The molecule has 3 N–H and O–H groups in total. The van der Waals surface area contributed by atoms with Gasteiger partial charge in [0.1, 0.15) is 0 Å². The average molecular weight is 276 g/mol. The minimum Gasteiger partial charge on any atom is -0.388 e. The normalized spacial score (nSPS) is 14.1. The molecule has 0 amide bonds. The largest absolute Gasteiger partial charge is 0.388 e. The highest BCUT2D eigenvalue weighted by atomic mass is 35.5. The number of benzene rings is 2. The lowest BCUT2D eigenvalue weighted by molar-refractivity contribution is 0.147. The standard InChI is InChI=1S/C16H18ClNO/c1-11-5-7-12(8-6-11)16(19)15(10-18)13-3-2-4-14(17)9-13/h2-9,15-16,19H,10,18H2,1H3. The maximum Gasteiger partial charge on any atom is 0.0870 e. The van der Waals surface area contributed by atoms with Gasteiger partial charge in [-0.1, -0.05) is 53.6 Å². The zero-order chi connectivity index (χ0) is 13.8. The third kappa shape index (κ3) is 3.35. The van der Waals surface area contributed by atoms with Crippen molar-refractivity contribution in [3.05, 3.63) is 70.2 Å². The lowest BCUT2D eigenvalue weighted by atomic mass is 9.89. The summed E-state index contributed by atoms with van der Waals surface area (Å²) in [6.07, 6.45) is -0.621. The van der Waals surface area contributed by atoms with Crippen LogP contribution in [0.1, 0.15) is 28.7 Å². The quantitative estimate of drug-likeness (QED) is 0.898. The van der Waals surface area contributed by atoms with Crippen LogP contribution in [-0.4, -0.2) is 11.7 Å². The van der Waals surface area contributed by atoms with Crippen LogP contribution in [0.25, 0.3) is 0 Å². The molecular formula is C16H18ClNO. The first-order valence-corrected chi connectivity index (χ1v) is 6.70. The van der Waals surface area contributed by atoms with E-state index in [0.717, 1.165) is 11.1 Å². The summed E-state index contributed by atoms with van der Waals surface area (Å²) in [7, 11) is 0. The number of halogens is 1. The van der Waals surface area contributed by atoms with Gasteiger partial charge in [-0.3, -0.25) is 0 Å². The van der Waals surface area contributed by atoms with Gasteiger partial charge in [0.15, 0.2) is 0 Å². The molecule has 2 unspecified atom stereocenters. The first kappa shape index (κ1) is 14.1. The molecule has 2 aromatic rings. The van der Waals surface area contributed by atoms with E-state index in [1.165, 1.54) is 5.56 Å². The summed E-state index contributed by atoms with van der Waals surface area (Å²) in [6, 6.07) is 15.4. The van der Waals surface area contributed by atoms with Crippen LogP contribution in [0, 0.1) is 6.92 Å². The van der Waals surface area contributed by atoms with Crippen molar-refractivity contribution in [1.29, 1.82) is 0 Å². The van der Waals surface area contributed by atoms with E-state index >= 15 is 0 Å². The molecule has 0 fully saturated rings. The van der Waals surface area contributed by atoms with Gasteiger partial charge in [-0.05, 0) is 30.2 Å². The van der Waals surface area contributed by atoms with Gasteiger partial charge in [0.25, 0.3) is 0 Å². The van der Waals surface area contributed by atoms with Crippen molar-refractivity contribution in [2.45, 2.75) is 18.9 Å². The van der Waals surface area contributed by atoms with Crippen LogP contribution in [0.4, 0.5) is 0 Å². The molecule has 0 aliphatic carbocycles. The van der Waals surface area contributed by atoms with Crippen molar-refractivity contribution in [2.75, 3.05) is 6.54 Å². The van der Waals surface area contributed by atoms with Crippen LogP contribution in [0.5, 0.6) is 0 Å². The SMILES string of the molecule is Cc1ccc(C(O)C(CN)c2cccc(Cl)c2)cc1. The van der Waals surface area contributed by atoms with Crippen molar-refractivity contribution in [3.8, 4) is 0 Å². The molecule has 0 radical (unpaired) electrons.